The lowest BCUT2D eigenvalue weighted by atomic mass is 10.1. The fraction of sp³-hybridized carbons (Fsp3) is 0.308. The number of ether oxygens (including phenoxy) is 1. The fourth-order valence-electron chi connectivity index (χ4n) is 1.90. The third kappa shape index (κ3) is 3.48. The van der Waals surface area contributed by atoms with Gasteiger partial charge < -0.3 is 25.6 Å². The van der Waals surface area contributed by atoms with Gasteiger partial charge in [0.15, 0.2) is 5.84 Å². The van der Waals surface area contributed by atoms with Gasteiger partial charge in [-0.1, -0.05) is 11.2 Å². The maximum absolute atomic E-state index is 8.73. The molecule has 0 radical (unpaired) electrons. The van der Waals surface area contributed by atoms with E-state index in [4.69, 9.17) is 15.7 Å². The number of methoxy groups -OCH3 is 1. The Morgan fingerprint density at radius 3 is 2.90 bits per heavy atom. The minimum atomic E-state index is 0.0189. The first kappa shape index (κ1) is 14.8. The van der Waals surface area contributed by atoms with Crippen LogP contribution < -0.4 is 15.8 Å². The number of aryl methyl sites for hydroxylation is 1. The van der Waals surface area contributed by atoms with Crippen molar-refractivity contribution in [2.75, 3.05) is 7.11 Å². The molecule has 112 valence electrons. The molecule has 8 heteroatoms. The molecule has 0 saturated carbocycles. The summed E-state index contributed by atoms with van der Waals surface area (Å²) in [5.74, 6) is 1.43. The third-order valence-electron chi connectivity index (χ3n) is 3.07. The number of aromatic nitrogens is 3. The molecule has 0 amide bonds. The van der Waals surface area contributed by atoms with Gasteiger partial charge in [-0.3, -0.25) is 0 Å². The van der Waals surface area contributed by atoms with E-state index in [0.29, 0.717) is 24.4 Å². The van der Waals surface area contributed by atoms with Gasteiger partial charge in [-0.15, -0.1) is 10.2 Å². The largest absolute Gasteiger partial charge is 0.496 e. The molecular formula is C13H18N6O2. The maximum atomic E-state index is 8.73. The van der Waals surface area contributed by atoms with Gasteiger partial charge in [0, 0.05) is 13.6 Å². The first-order valence-corrected chi connectivity index (χ1v) is 6.34. The summed E-state index contributed by atoms with van der Waals surface area (Å²) in [6, 6.07) is 5.49. The molecule has 21 heavy (non-hydrogen) atoms. The summed E-state index contributed by atoms with van der Waals surface area (Å²) in [4.78, 5) is 0. The number of benzene rings is 1. The van der Waals surface area contributed by atoms with Gasteiger partial charge in [-0.05, 0) is 17.7 Å². The van der Waals surface area contributed by atoms with E-state index >= 15 is 0 Å². The summed E-state index contributed by atoms with van der Waals surface area (Å²) in [7, 11) is 3.44. The van der Waals surface area contributed by atoms with Gasteiger partial charge >= 0.3 is 0 Å². The van der Waals surface area contributed by atoms with Crippen LogP contribution in [0.3, 0.4) is 0 Å². The molecule has 1 heterocycles. The van der Waals surface area contributed by atoms with Crippen molar-refractivity contribution in [3.63, 3.8) is 0 Å². The zero-order valence-electron chi connectivity index (χ0n) is 11.9. The zero-order valence-corrected chi connectivity index (χ0v) is 11.9. The van der Waals surface area contributed by atoms with E-state index in [0.717, 1.165) is 11.4 Å². The first-order valence-electron chi connectivity index (χ1n) is 6.34. The Kier molecular flexibility index (Phi) is 4.72. The van der Waals surface area contributed by atoms with Gasteiger partial charge in [0.25, 0.3) is 0 Å². The Morgan fingerprint density at radius 1 is 1.48 bits per heavy atom. The average molecular weight is 290 g/mol. The van der Waals surface area contributed by atoms with Gasteiger partial charge in [-0.2, -0.15) is 0 Å². The quantitative estimate of drug-likeness (QED) is 0.303. The van der Waals surface area contributed by atoms with Crippen LogP contribution >= 0.6 is 0 Å². The van der Waals surface area contributed by atoms with Crippen molar-refractivity contribution in [3.8, 4) is 5.75 Å². The molecule has 1 aromatic carbocycles. The van der Waals surface area contributed by atoms with Crippen molar-refractivity contribution < 1.29 is 9.94 Å². The summed E-state index contributed by atoms with van der Waals surface area (Å²) in [6.45, 7) is 1.25. The fourth-order valence-corrected chi connectivity index (χ4v) is 1.90. The van der Waals surface area contributed by atoms with Crippen LogP contribution in [0, 0.1) is 0 Å². The van der Waals surface area contributed by atoms with Gasteiger partial charge in [-0.25, -0.2) is 0 Å². The number of oxime groups is 1. The second kappa shape index (κ2) is 6.71. The van der Waals surface area contributed by atoms with Crippen molar-refractivity contribution in [1.29, 1.82) is 0 Å². The normalized spacial score (nSPS) is 11.6. The highest BCUT2D eigenvalue weighted by Gasteiger charge is 2.09. The molecule has 0 fully saturated rings. The molecule has 0 aliphatic carbocycles. The SMILES string of the molecule is COc1cc(CNCc2nncn2C)ccc1/C(N)=N/O. The summed E-state index contributed by atoms with van der Waals surface area (Å²) >= 11 is 0. The topological polar surface area (TPSA) is 111 Å². The van der Waals surface area contributed by atoms with Crippen LogP contribution in [0.1, 0.15) is 17.0 Å². The summed E-state index contributed by atoms with van der Waals surface area (Å²) in [5, 5.41) is 22.8. The van der Waals surface area contributed by atoms with Crippen LogP contribution in [-0.2, 0) is 20.1 Å². The lowest BCUT2D eigenvalue weighted by molar-refractivity contribution is 0.318. The highest BCUT2D eigenvalue weighted by atomic mass is 16.5. The standard InChI is InChI=1S/C13H18N6O2/c1-19-8-16-17-12(19)7-15-6-9-3-4-10(13(14)18-20)11(5-9)21-2/h3-5,8,15,20H,6-7H2,1-2H3,(H2,14,18). The molecule has 0 atom stereocenters. The summed E-state index contributed by atoms with van der Waals surface area (Å²) < 4.78 is 7.11. The third-order valence-corrected chi connectivity index (χ3v) is 3.07. The van der Waals surface area contributed by atoms with Crippen molar-refractivity contribution in [2.24, 2.45) is 17.9 Å². The molecule has 0 bridgehead atoms. The Balaban J connectivity index is 2.02. The number of rotatable bonds is 6. The van der Waals surface area contributed by atoms with Gasteiger partial charge in [0.1, 0.15) is 17.9 Å². The van der Waals surface area contributed by atoms with Crippen molar-refractivity contribution in [2.45, 2.75) is 13.1 Å². The van der Waals surface area contributed by atoms with Crippen LogP contribution in [0.2, 0.25) is 0 Å². The number of nitrogens with zero attached hydrogens (tertiary/aromatic N) is 4. The number of nitrogens with two attached hydrogens (primary N) is 1. The Hall–Kier alpha value is -2.61. The van der Waals surface area contributed by atoms with E-state index in [2.05, 4.69) is 20.7 Å². The monoisotopic (exact) mass is 290 g/mol. The molecule has 0 aliphatic heterocycles. The predicted octanol–water partition coefficient (Wildman–Crippen LogP) is 0.208. The Labute approximate surface area is 122 Å². The van der Waals surface area contributed by atoms with Gasteiger partial charge in [0.05, 0.1) is 19.2 Å². The first-order chi connectivity index (χ1) is 10.2. The highest BCUT2D eigenvalue weighted by Crippen LogP contribution is 2.20. The van der Waals surface area contributed by atoms with E-state index in [1.54, 1.807) is 19.5 Å². The molecule has 0 aliphatic rings. The predicted molar refractivity (Wildman–Crippen MR) is 77.1 cm³/mol. The number of nitrogens with one attached hydrogen (secondary N) is 1. The lowest BCUT2D eigenvalue weighted by Crippen LogP contribution is -2.17. The average Bonchev–Trinajstić information content (AvgIpc) is 2.91. The Bertz CT molecular complexity index is 637. The van der Waals surface area contributed by atoms with Crippen LogP contribution in [-0.4, -0.2) is 32.9 Å². The van der Waals surface area contributed by atoms with Crippen LogP contribution in [0.25, 0.3) is 0 Å². The van der Waals surface area contributed by atoms with E-state index < -0.39 is 0 Å². The molecule has 0 unspecified atom stereocenters. The van der Waals surface area contributed by atoms with Crippen LogP contribution in [0.5, 0.6) is 5.75 Å². The molecule has 0 spiro atoms. The van der Waals surface area contributed by atoms with E-state index in [1.807, 2.05) is 23.7 Å². The highest BCUT2D eigenvalue weighted by molar-refractivity contribution is 5.99. The molecule has 2 aromatic rings. The number of amidine groups is 1. The summed E-state index contributed by atoms with van der Waals surface area (Å²) in [5.41, 5.74) is 7.16. The van der Waals surface area contributed by atoms with Crippen molar-refractivity contribution >= 4 is 5.84 Å². The van der Waals surface area contributed by atoms with E-state index in [-0.39, 0.29) is 5.84 Å². The molecular weight excluding hydrogens is 272 g/mol. The maximum Gasteiger partial charge on any atom is 0.173 e. The molecule has 8 nitrogen and oxygen atoms in total. The molecule has 4 N–H and O–H groups in total. The molecule has 0 saturated heterocycles. The lowest BCUT2D eigenvalue weighted by Gasteiger charge is -2.10. The van der Waals surface area contributed by atoms with E-state index in [1.165, 1.54) is 0 Å². The minimum Gasteiger partial charge on any atom is -0.496 e. The second-order valence-electron chi connectivity index (χ2n) is 4.48. The number of hydrogen-bond acceptors (Lipinski definition) is 6. The number of hydrogen-bond donors (Lipinski definition) is 3. The second-order valence-corrected chi connectivity index (χ2v) is 4.48. The van der Waals surface area contributed by atoms with Crippen molar-refractivity contribution in [1.82, 2.24) is 20.1 Å². The van der Waals surface area contributed by atoms with Crippen LogP contribution in [0.15, 0.2) is 29.7 Å². The zero-order chi connectivity index (χ0) is 15.2. The molecule has 2 rings (SSSR count). The van der Waals surface area contributed by atoms with Gasteiger partial charge in [0.2, 0.25) is 0 Å². The molecule has 1 aromatic heterocycles. The van der Waals surface area contributed by atoms with Crippen molar-refractivity contribution in [3.05, 3.63) is 41.5 Å². The summed E-state index contributed by atoms with van der Waals surface area (Å²) in [6.07, 6.45) is 1.66. The smallest absolute Gasteiger partial charge is 0.173 e. The minimum absolute atomic E-state index is 0.0189. The van der Waals surface area contributed by atoms with Crippen LogP contribution in [0.4, 0.5) is 0 Å². The Morgan fingerprint density at radius 2 is 2.29 bits per heavy atom. The van der Waals surface area contributed by atoms with E-state index in [9.17, 15) is 0 Å².